The van der Waals surface area contributed by atoms with Crippen LogP contribution in [0, 0.1) is 0 Å². The van der Waals surface area contributed by atoms with Crippen molar-refractivity contribution in [1.29, 1.82) is 0 Å². The van der Waals surface area contributed by atoms with Gasteiger partial charge >= 0.3 is 0 Å². The van der Waals surface area contributed by atoms with E-state index in [-0.39, 0.29) is 6.10 Å². The summed E-state index contributed by atoms with van der Waals surface area (Å²) < 4.78 is 0. The summed E-state index contributed by atoms with van der Waals surface area (Å²) in [5.41, 5.74) is 0.986. The number of aliphatic hydroxyl groups is 1. The van der Waals surface area contributed by atoms with Crippen LogP contribution >= 0.6 is 11.6 Å². The van der Waals surface area contributed by atoms with Crippen molar-refractivity contribution in [3.05, 3.63) is 22.8 Å². The Labute approximate surface area is 59.6 Å². The summed E-state index contributed by atoms with van der Waals surface area (Å²) in [5.74, 6) is 0. The van der Waals surface area contributed by atoms with Crippen LogP contribution in [0.5, 0.6) is 0 Å². The molecule has 2 heteroatoms. The first-order valence-corrected chi connectivity index (χ1v) is 3.29. The third-order valence-corrected chi connectivity index (χ3v) is 1.72. The molecule has 0 aromatic rings. The molecule has 1 nitrogen and oxygen atoms in total. The van der Waals surface area contributed by atoms with E-state index in [1.807, 2.05) is 19.1 Å². The fourth-order valence-corrected chi connectivity index (χ4v) is 0.956. The predicted octanol–water partition coefficient (Wildman–Crippen LogP) is 1.82. The van der Waals surface area contributed by atoms with Gasteiger partial charge in [-0.15, -0.1) is 0 Å². The lowest BCUT2D eigenvalue weighted by Crippen LogP contribution is -2.10. The van der Waals surface area contributed by atoms with Gasteiger partial charge in [-0.3, -0.25) is 0 Å². The summed E-state index contributed by atoms with van der Waals surface area (Å²) in [6, 6.07) is 0. The SMILES string of the molecule is CC1=CC=C(Cl)CC1O. The van der Waals surface area contributed by atoms with E-state index < -0.39 is 0 Å². The number of halogens is 1. The van der Waals surface area contributed by atoms with Gasteiger partial charge < -0.3 is 5.11 Å². The fraction of sp³-hybridized carbons (Fsp3) is 0.429. The molecule has 0 heterocycles. The molecule has 1 N–H and O–H groups in total. The molecule has 0 saturated carbocycles. The Balaban J connectivity index is 2.74. The Morgan fingerprint density at radius 1 is 1.67 bits per heavy atom. The van der Waals surface area contributed by atoms with Crippen LogP contribution in [-0.4, -0.2) is 11.2 Å². The molecular weight excluding hydrogens is 136 g/mol. The smallest absolute Gasteiger partial charge is 0.0799 e. The third-order valence-electron chi connectivity index (χ3n) is 1.44. The summed E-state index contributed by atoms with van der Waals surface area (Å²) in [6.07, 6.45) is 3.88. The lowest BCUT2D eigenvalue weighted by atomic mass is 10.0. The highest BCUT2D eigenvalue weighted by molar-refractivity contribution is 6.29. The standard InChI is InChI=1S/C7H9ClO/c1-5-2-3-6(8)4-7(5)9/h2-3,7,9H,4H2,1H3. The zero-order valence-corrected chi connectivity index (χ0v) is 6.02. The molecule has 0 aliphatic heterocycles. The first-order valence-electron chi connectivity index (χ1n) is 2.91. The van der Waals surface area contributed by atoms with Crippen molar-refractivity contribution in [2.24, 2.45) is 0 Å². The molecule has 0 aromatic carbocycles. The summed E-state index contributed by atoms with van der Waals surface area (Å²) in [4.78, 5) is 0. The minimum atomic E-state index is -0.359. The highest BCUT2D eigenvalue weighted by atomic mass is 35.5. The monoisotopic (exact) mass is 144 g/mol. The molecule has 1 atom stereocenters. The number of hydrogen-bond acceptors (Lipinski definition) is 1. The Morgan fingerprint density at radius 2 is 2.33 bits per heavy atom. The van der Waals surface area contributed by atoms with Crippen molar-refractivity contribution in [3.63, 3.8) is 0 Å². The first kappa shape index (κ1) is 6.84. The molecule has 0 fully saturated rings. The molecule has 0 saturated heterocycles. The Kier molecular flexibility index (Phi) is 1.94. The lowest BCUT2D eigenvalue weighted by Gasteiger charge is -2.13. The highest BCUT2D eigenvalue weighted by Gasteiger charge is 2.10. The van der Waals surface area contributed by atoms with Crippen LogP contribution in [0.15, 0.2) is 22.8 Å². The minimum absolute atomic E-state index is 0.359. The van der Waals surface area contributed by atoms with Crippen LogP contribution in [0.4, 0.5) is 0 Å². The van der Waals surface area contributed by atoms with Crippen LogP contribution in [-0.2, 0) is 0 Å². The van der Waals surface area contributed by atoms with Gasteiger partial charge in [-0.05, 0) is 18.6 Å². The van der Waals surface area contributed by atoms with E-state index in [0.717, 1.165) is 10.6 Å². The quantitative estimate of drug-likeness (QED) is 0.550. The van der Waals surface area contributed by atoms with E-state index in [1.54, 1.807) is 0 Å². The second kappa shape index (κ2) is 2.54. The Hall–Kier alpha value is -0.270. The molecular formula is C7H9ClO. The predicted molar refractivity (Wildman–Crippen MR) is 38.3 cm³/mol. The van der Waals surface area contributed by atoms with E-state index in [4.69, 9.17) is 16.7 Å². The van der Waals surface area contributed by atoms with Gasteiger partial charge in [-0.2, -0.15) is 0 Å². The topological polar surface area (TPSA) is 20.2 Å². The molecule has 9 heavy (non-hydrogen) atoms. The van der Waals surface area contributed by atoms with E-state index in [9.17, 15) is 0 Å². The van der Waals surface area contributed by atoms with Gasteiger partial charge in [0.15, 0.2) is 0 Å². The van der Waals surface area contributed by atoms with E-state index in [0.29, 0.717) is 6.42 Å². The maximum absolute atomic E-state index is 9.15. The molecule has 0 bridgehead atoms. The van der Waals surface area contributed by atoms with Crippen LogP contribution in [0.1, 0.15) is 13.3 Å². The van der Waals surface area contributed by atoms with Crippen LogP contribution < -0.4 is 0 Å². The van der Waals surface area contributed by atoms with Crippen molar-refractivity contribution in [2.45, 2.75) is 19.4 Å². The molecule has 1 unspecified atom stereocenters. The van der Waals surface area contributed by atoms with E-state index in [1.165, 1.54) is 0 Å². The van der Waals surface area contributed by atoms with Crippen molar-refractivity contribution in [3.8, 4) is 0 Å². The number of aliphatic hydroxyl groups excluding tert-OH is 1. The van der Waals surface area contributed by atoms with Gasteiger partial charge in [-0.1, -0.05) is 17.7 Å². The average Bonchev–Trinajstić information content (AvgIpc) is 1.80. The molecule has 0 radical (unpaired) electrons. The summed E-state index contributed by atoms with van der Waals surface area (Å²) in [7, 11) is 0. The molecule has 50 valence electrons. The van der Waals surface area contributed by atoms with Gasteiger partial charge in [0.1, 0.15) is 0 Å². The van der Waals surface area contributed by atoms with E-state index >= 15 is 0 Å². The first-order chi connectivity index (χ1) is 4.20. The number of rotatable bonds is 0. The lowest BCUT2D eigenvalue weighted by molar-refractivity contribution is 0.211. The normalized spacial score (nSPS) is 27.2. The van der Waals surface area contributed by atoms with Gasteiger partial charge in [0.2, 0.25) is 0 Å². The minimum Gasteiger partial charge on any atom is -0.388 e. The average molecular weight is 145 g/mol. The van der Waals surface area contributed by atoms with Crippen LogP contribution in [0.2, 0.25) is 0 Å². The zero-order chi connectivity index (χ0) is 6.85. The Morgan fingerprint density at radius 3 is 2.78 bits per heavy atom. The molecule has 0 spiro atoms. The molecule has 0 aromatic heterocycles. The zero-order valence-electron chi connectivity index (χ0n) is 5.26. The van der Waals surface area contributed by atoms with Crippen LogP contribution in [0.3, 0.4) is 0 Å². The largest absolute Gasteiger partial charge is 0.388 e. The van der Waals surface area contributed by atoms with Crippen molar-refractivity contribution < 1.29 is 5.11 Å². The van der Waals surface area contributed by atoms with Crippen molar-refractivity contribution in [2.75, 3.05) is 0 Å². The molecule has 0 amide bonds. The number of allylic oxidation sites excluding steroid dienone is 2. The molecule has 1 aliphatic rings. The van der Waals surface area contributed by atoms with Crippen LogP contribution in [0.25, 0.3) is 0 Å². The summed E-state index contributed by atoms with van der Waals surface area (Å²) >= 11 is 5.63. The van der Waals surface area contributed by atoms with Gasteiger partial charge in [0.05, 0.1) is 6.10 Å². The second-order valence-corrected chi connectivity index (χ2v) is 2.73. The third kappa shape index (κ3) is 1.57. The summed E-state index contributed by atoms with van der Waals surface area (Å²) in [6.45, 7) is 1.89. The Bertz CT molecular complexity index is 170. The summed E-state index contributed by atoms with van der Waals surface area (Å²) in [5, 5.41) is 9.88. The highest BCUT2D eigenvalue weighted by Crippen LogP contribution is 2.20. The van der Waals surface area contributed by atoms with Gasteiger partial charge in [0.25, 0.3) is 0 Å². The van der Waals surface area contributed by atoms with Crippen molar-refractivity contribution in [1.82, 2.24) is 0 Å². The fourth-order valence-electron chi connectivity index (χ4n) is 0.747. The van der Waals surface area contributed by atoms with Crippen molar-refractivity contribution >= 4 is 11.6 Å². The molecule has 1 aliphatic carbocycles. The molecule has 1 rings (SSSR count). The number of hydrogen-bond donors (Lipinski definition) is 1. The maximum Gasteiger partial charge on any atom is 0.0799 e. The second-order valence-electron chi connectivity index (χ2n) is 2.24. The van der Waals surface area contributed by atoms with Gasteiger partial charge in [0, 0.05) is 11.5 Å². The maximum atomic E-state index is 9.15. The van der Waals surface area contributed by atoms with Gasteiger partial charge in [-0.25, -0.2) is 0 Å². The van der Waals surface area contributed by atoms with E-state index in [2.05, 4.69) is 0 Å².